The van der Waals surface area contributed by atoms with Crippen LogP contribution in [0.3, 0.4) is 0 Å². The molecule has 7 nitrogen and oxygen atoms in total. The van der Waals surface area contributed by atoms with E-state index < -0.39 is 5.60 Å². The predicted octanol–water partition coefficient (Wildman–Crippen LogP) is 1.44. The van der Waals surface area contributed by atoms with E-state index in [1.807, 2.05) is 6.92 Å². The second kappa shape index (κ2) is 8.29. The van der Waals surface area contributed by atoms with Crippen molar-refractivity contribution in [3.63, 3.8) is 0 Å². The summed E-state index contributed by atoms with van der Waals surface area (Å²) < 4.78 is 5.46. The number of hydrogen-bond donors (Lipinski definition) is 1. The summed E-state index contributed by atoms with van der Waals surface area (Å²) in [4.78, 5) is 16.5. The molecule has 1 saturated carbocycles. The number of aromatic nitrogens is 2. The Bertz CT molecular complexity index is 621. The van der Waals surface area contributed by atoms with Gasteiger partial charge in [0.05, 0.1) is 18.8 Å². The second-order valence-electron chi connectivity index (χ2n) is 8.32. The van der Waals surface area contributed by atoms with Gasteiger partial charge in [0.25, 0.3) is 0 Å². The molecular formula is C20H33N5O2. The molecule has 2 saturated heterocycles. The summed E-state index contributed by atoms with van der Waals surface area (Å²) >= 11 is 0. The molecule has 150 valence electrons. The van der Waals surface area contributed by atoms with Gasteiger partial charge in [-0.2, -0.15) is 4.98 Å². The maximum Gasteiger partial charge on any atom is 0.227 e. The van der Waals surface area contributed by atoms with Crippen LogP contribution in [0.1, 0.15) is 37.8 Å². The average Bonchev–Trinajstić information content (AvgIpc) is 2.69. The highest BCUT2D eigenvalue weighted by Gasteiger charge is 2.32. The van der Waals surface area contributed by atoms with E-state index in [9.17, 15) is 5.11 Å². The first-order valence-corrected chi connectivity index (χ1v) is 10.5. The molecule has 7 heteroatoms. The first-order chi connectivity index (χ1) is 13.1. The molecule has 4 rings (SSSR count). The van der Waals surface area contributed by atoms with Gasteiger partial charge in [0, 0.05) is 57.6 Å². The van der Waals surface area contributed by atoms with Crippen molar-refractivity contribution in [2.75, 3.05) is 68.8 Å². The maximum atomic E-state index is 10.8. The lowest BCUT2D eigenvalue weighted by atomic mass is 9.84. The van der Waals surface area contributed by atoms with Crippen LogP contribution in [0.2, 0.25) is 0 Å². The number of nitrogens with zero attached hydrogens (tertiary/aromatic N) is 5. The summed E-state index contributed by atoms with van der Waals surface area (Å²) in [6, 6.07) is 2.07. The number of piperazine rings is 1. The average molecular weight is 376 g/mol. The molecule has 0 unspecified atom stereocenters. The summed E-state index contributed by atoms with van der Waals surface area (Å²) in [6.07, 6.45) is 5.51. The summed E-state index contributed by atoms with van der Waals surface area (Å²) in [5.41, 5.74) is 0.546. The van der Waals surface area contributed by atoms with Gasteiger partial charge in [-0.1, -0.05) is 19.3 Å². The Morgan fingerprint density at radius 2 is 1.67 bits per heavy atom. The Morgan fingerprint density at radius 3 is 2.37 bits per heavy atom. The molecule has 0 bridgehead atoms. The van der Waals surface area contributed by atoms with Gasteiger partial charge >= 0.3 is 0 Å². The first kappa shape index (κ1) is 18.9. The highest BCUT2D eigenvalue weighted by molar-refractivity contribution is 5.46. The third-order valence-corrected chi connectivity index (χ3v) is 6.12. The van der Waals surface area contributed by atoms with Crippen molar-refractivity contribution < 1.29 is 9.84 Å². The summed E-state index contributed by atoms with van der Waals surface area (Å²) in [5.74, 6) is 1.85. The molecule has 1 aromatic rings. The third-order valence-electron chi connectivity index (χ3n) is 6.12. The second-order valence-corrected chi connectivity index (χ2v) is 8.32. The Hall–Kier alpha value is -1.44. The van der Waals surface area contributed by atoms with Gasteiger partial charge < -0.3 is 19.6 Å². The van der Waals surface area contributed by atoms with Crippen LogP contribution in [-0.2, 0) is 4.74 Å². The van der Waals surface area contributed by atoms with Crippen LogP contribution in [-0.4, -0.2) is 84.6 Å². The van der Waals surface area contributed by atoms with E-state index in [4.69, 9.17) is 14.7 Å². The molecule has 0 atom stereocenters. The molecular weight excluding hydrogens is 342 g/mol. The number of aryl methyl sites for hydroxylation is 1. The number of β-amino-alcohol motifs (C(OH)–C–C–N with tert-alkyl or cyclic N) is 1. The van der Waals surface area contributed by atoms with E-state index in [-0.39, 0.29) is 0 Å². The van der Waals surface area contributed by atoms with E-state index >= 15 is 0 Å². The van der Waals surface area contributed by atoms with Gasteiger partial charge in [-0.15, -0.1) is 0 Å². The minimum Gasteiger partial charge on any atom is -0.389 e. The van der Waals surface area contributed by atoms with Crippen LogP contribution in [0, 0.1) is 6.92 Å². The van der Waals surface area contributed by atoms with Crippen molar-refractivity contribution in [2.24, 2.45) is 0 Å². The van der Waals surface area contributed by atoms with Gasteiger partial charge in [0.2, 0.25) is 5.95 Å². The summed E-state index contributed by atoms with van der Waals surface area (Å²) in [5, 5.41) is 10.8. The zero-order chi connectivity index (χ0) is 18.7. The fourth-order valence-corrected chi connectivity index (χ4v) is 4.52. The molecule has 2 aliphatic heterocycles. The zero-order valence-electron chi connectivity index (χ0n) is 16.6. The molecule has 27 heavy (non-hydrogen) atoms. The number of hydrogen-bond acceptors (Lipinski definition) is 7. The van der Waals surface area contributed by atoms with Gasteiger partial charge in [0.1, 0.15) is 5.82 Å². The van der Waals surface area contributed by atoms with Crippen LogP contribution >= 0.6 is 0 Å². The minimum absolute atomic E-state index is 0.468. The molecule has 0 radical (unpaired) electrons. The normalized spacial score (nSPS) is 24.2. The fourth-order valence-electron chi connectivity index (χ4n) is 4.52. The van der Waals surface area contributed by atoms with Crippen LogP contribution in [0.4, 0.5) is 11.8 Å². The Balaban J connectivity index is 1.37. The van der Waals surface area contributed by atoms with Crippen molar-refractivity contribution >= 4 is 11.8 Å². The van der Waals surface area contributed by atoms with Crippen molar-refractivity contribution in [3.05, 3.63) is 11.8 Å². The quantitative estimate of drug-likeness (QED) is 0.854. The smallest absolute Gasteiger partial charge is 0.227 e. The molecule has 1 N–H and O–H groups in total. The highest BCUT2D eigenvalue weighted by Crippen LogP contribution is 2.29. The number of aliphatic hydroxyl groups is 1. The molecule has 3 aliphatic rings. The zero-order valence-corrected chi connectivity index (χ0v) is 16.6. The van der Waals surface area contributed by atoms with E-state index in [1.54, 1.807) is 0 Å². The SMILES string of the molecule is Cc1cc(N2CCOCC2)nc(N2CCN(CC3(O)CCCCC3)CC2)n1. The van der Waals surface area contributed by atoms with Crippen LogP contribution in [0.15, 0.2) is 6.07 Å². The standard InChI is InChI=1S/C20H33N5O2/c1-17-15-18(24-11-13-27-14-12-24)22-19(21-17)25-9-7-23(8-10-25)16-20(26)5-3-2-4-6-20/h15,26H,2-14,16H2,1H3. The van der Waals surface area contributed by atoms with Crippen molar-refractivity contribution in [1.82, 2.24) is 14.9 Å². The molecule has 1 aromatic heterocycles. The number of morpholine rings is 1. The van der Waals surface area contributed by atoms with Crippen molar-refractivity contribution in [3.8, 4) is 0 Å². The Morgan fingerprint density at radius 1 is 0.963 bits per heavy atom. The van der Waals surface area contributed by atoms with E-state index in [0.717, 1.165) is 102 Å². The third kappa shape index (κ3) is 4.70. The fraction of sp³-hybridized carbons (Fsp3) is 0.800. The minimum atomic E-state index is -0.468. The Labute approximate surface area is 162 Å². The van der Waals surface area contributed by atoms with Crippen LogP contribution < -0.4 is 9.80 Å². The van der Waals surface area contributed by atoms with E-state index in [1.165, 1.54) is 6.42 Å². The molecule has 3 fully saturated rings. The number of anilines is 2. The molecule has 0 amide bonds. The molecule has 0 aromatic carbocycles. The number of ether oxygens (including phenoxy) is 1. The monoisotopic (exact) mass is 375 g/mol. The molecule has 1 aliphatic carbocycles. The largest absolute Gasteiger partial charge is 0.389 e. The van der Waals surface area contributed by atoms with Gasteiger partial charge in [-0.25, -0.2) is 4.98 Å². The summed E-state index contributed by atoms with van der Waals surface area (Å²) in [7, 11) is 0. The lowest BCUT2D eigenvalue weighted by molar-refractivity contribution is -0.0271. The number of rotatable bonds is 4. The van der Waals surface area contributed by atoms with Crippen LogP contribution in [0.5, 0.6) is 0 Å². The summed E-state index contributed by atoms with van der Waals surface area (Å²) in [6.45, 7) is 9.94. The van der Waals surface area contributed by atoms with Gasteiger partial charge in [-0.3, -0.25) is 4.90 Å². The van der Waals surface area contributed by atoms with Gasteiger partial charge in [-0.05, 0) is 19.8 Å². The van der Waals surface area contributed by atoms with Crippen molar-refractivity contribution in [1.29, 1.82) is 0 Å². The molecule has 3 heterocycles. The first-order valence-electron chi connectivity index (χ1n) is 10.5. The predicted molar refractivity (Wildman–Crippen MR) is 106 cm³/mol. The van der Waals surface area contributed by atoms with Crippen LogP contribution in [0.25, 0.3) is 0 Å². The van der Waals surface area contributed by atoms with E-state index in [0.29, 0.717) is 0 Å². The topological polar surface area (TPSA) is 65.0 Å². The van der Waals surface area contributed by atoms with E-state index in [2.05, 4.69) is 20.8 Å². The lowest BCUT2D eigenvalue weighted by Crippen LogP contribution is -2.52. The molecule has 0 spiro atoms. The van der Waals surface area contributed by atoms with Crippen molar-refractivity contribution in [2.45, 2.75) is 44.6 Å². The van der Waals surface area contributed by atoms with Gasteiger partial charge in [0.15, 0.2) is 0 Å². The Kier molecular flexibility index (Phi) is 5.80. The highest BCUT2D eigenvalue weighted by atomic mass is 16.5. The lowest BCUT2D eigenvalue weighted by Gasteiger charge is -2.41. The maximum absolute atomic E-state index is 10.8.